The largest absolute Gasteiger partial charge is 0.395 e. The normalized spacial score (nSPS) is 15.4. The zero-order valence-corrected chi connectivity index (χ0v) is 8.61. The smallest absolute Gasteiger partial charge is 0.0963 e. The molecule has 0 amide bonds. The molecule has 4 heteroatoms. The van der Waals surface area contributed by atoms with Crippen LogP contribution < -0.4 is 5.73 Å². The summed E-state index contributed by atoms with van der Waals surface area (Å²) >= 11 is 3.29. The van der Waals surface area contributed by atoms with Crippen molar-refractivity contribution in [2.75, 3.05) is 6.61 Å². The lowest BCUT2D eigenvalue weighted by atomic mass is 10.0. The molecule has 0 aromatic heterocycles. The van der Waals surface area contributed by atoms with Crippen molar-refractivity contribution < 1.29 is 10.2 Å². The van der Waals surface area contributed by atoms with Crippen LogP contribution in [0.4, 0.5) is 0 Å². The third-order valence-corrected chi connectivity index (χ3v) is 2.36. The molecule has 3 nitrogen and oxygen atoms in total. The van der Waals surface area contributed by atoms with Crippen LogP contribution in [0.5, 0.6) is 0 Å². The Morgan fingerprint density at radius 3 is 2.31 bits per heavy atom. The maximum Gasteiger partial charge on any atom is 0.0963 e. The van der Waals surface area contributed by atoms with E-state index in [-0.39, 0.29) is 6.61 Å². The van der Waals surface area contributed by atoms with Gasteiger partial charge in [-0.25, -0.2) is 0 Å². The van der Waals surface area contributed by atoms with Crippen molar-refractivity contribution >= 4 is 15.9 Å². The first kappa shape index (κ1) is 10.7. The quantitative estimate of drug-likeness (QED) is 0.739. The summed E-state index contributed by atoms with van der Waals surface area (Å²) in [7, 11) is 0. The molecular weight excluding hydrogens is 234 g/mol. The number of rotatable bonds is 3. The minimum absolute atomic E-state index is 0.225. The Hall–Kier alpha value is -0.420. The predicted molar refractivity (Wildman–Crippen MR) is 54.2 cm³/mol. The number of aliphatic hydroxyl groups is 2. The summed E-state index contributed by atoms with van der Waals surface area (Å²) in [5.74, 6) is 0. The van der Waals surface area contributed by atoms with Gasteiger partial charge in [0.1, 0.15) is 0 Å². The molecule has 4 N–H and O–H groups in total. The van der Waals surface area contributed by atoms with Crippen molar-refractivity contribution in [1.82, 2.24) is 0 Å². The van der Waals surface area contributed by atoms with Gasteiger partial charge in [-0.05, 0) is 17.7 Å². The summed E-state index contributed by atoms with van der Waals surface area (Å²) in [6.07, 6.45) is -0.807. The highest BCUT2D eigenvalue weighted by molar-refractivity contribution is 9.10. The number of hydrogen-bond donors (Lipinski definition) is 3. The van der Waals surface area contributed by atoms with Crippen LogP contribution in [0.15, 0.2) is 28.7 Å². The molecule has 0 unspecified atom stereocenters. The Labute approximate surface area is 85.3 Å². The van der Waals surface area contributed by atoms with E-state index in [1.54, 1.807) is 12.1 Å². The summed E-state index contributed by atoms with van der Waals surface area (Å²) in [5, 5.41) is 18.3. The number of nitrogens with two attached hydrogens (primary N) is 1. The molecule has 0 aliphatic carbocycles. The Balaban J connectivity index is 2.77. The molecule has 1 aromatic carbocycles. The van der Waals surface area contributed by atoms with Crippen LogP contribution in [0.25, 0.3) is 0 Å². The third kappa shape index (κ3) is 2.77. The molecule has 72 valence electrons. The van der Waals surface area contributed by atoms with E-state index in [4.69, 9.17) is 10.8 Å². The fraction of sp³-hybridized carbons (Fsp3) is 0.333. The van der Waals surface area contributed by atoms with Gasteiger partial charge in [0.15, 0.2) is 0 Å². The van der Waals surface area contributed by atoms with Crippen LogP contribution in [-0.4, -0.2) is 22.9 Å². The van der Waals surface area contributed by atoms with E-state index in [0.717, 1.165) is 4.47 Å². The molecular formula is C9H12BrNO2. The summed E-state index contributed by atoms with van der Waals surface area (Å²) in [5.41, 5.74) is 6.19. The summed E-state index contributed by atoms with van der Waals surface area (Å²) in [6.45, 7) is -0.225. The average molecular weight is 246 g/mol. The lowest BCUT2D eigenvalue weighted by Crippen LogP contribution is -2.31. The van der Waals surface area contributed by atoms with Crippen molar-refractivity contribution in [3.05, 3.63) is 34.3 Å². The lowest BCUT2D eigenvalue weighted by Gasteiger charge is -2.16. The van der Waals surface area contributed by atoms with Crippen molar-refractivity contribution in [2.24, 2.45) is 5.73 Å². The predicted octanol–water partition coefficient (Wildman–Crippen LogP) is 0.802. The van der Waals surface area contributed by atoms with Crippen molar-refractivity contribution in [2.45, 2.75) is 12.1 Å². The molecule has 0 aliphatic heterocycles. The van der Waals surface area contributed by atoms with Crippen LogP contribution >= 0.6 is 15.9 Å². The topological polar surface area (TPSA) is 66.5 Å². The second-order valence-corrected chi connectivity index (χ2v) is 3.76. The van der Waals surface area contributed by atoms with Crippen molar-refractivity contribution in [3.63, 3.8) is 0 Å². The van der Waals surface area contributed by atoms with Crippen LogP contribution in [0.2, 0.25) is 0 Å². The van der Waals surface area contributed by atoms with E-state index in [0.29, 0.717) is 5.56 Å². The first-order chi connectivity index (χ1) is 6.15. The zero-order valence-electron chi connectivity index (χ0n) is 7.02. The molecule has 0 radical (unpaired) electrons. The molecule has 0 saturated heterocycles. The van der Waals surface area contributed by atoms with Crippen molar-refractivity contribution in [1.29, 1.82) is 0 Å². The number of benzene rings is 1. The maximum absolute atomic E-state index is 9.58. The molecule has 13 heavy (non-hydrogen) atoms. The van der Waals surface area contributed by atoms with Gasteiger partial charge in [0.05, 0.1) is 18.8 Å². The lowest BCUT2D eigenvalue weighted by molar-refractivity contribution is 0.109. The maximum atomic E-state index is 9.58. The van der Waals surface area contributed by atoms with E-state index < -0.39 is 12.1 Å². The summed E-state index contributed by atoms with van der Waals surface area (Å²) < 4.78 is 0.945. The highest BCUT2D eigenvalue weighted by Crippen LogP contribution is 2.18. The third-order valence-electron chi connectivity index (χ3n) is 1.83. The first-order valence-corrected chi connectivity index (χ1v) is 4.74. The minimum atomic E-state index is -0.807. The van der Waals surface area contributed by atoms with Gasteiger partial charge in [0.2, 0.25) is 0 Å². The van der Waals surface area contributed by atoms with Gasteiger partial charge in [0, 0.05) is 4.47 Å². The molecule has 0 saturated carbocycles. The van der Waals surface area contributed by atoms with Gasteiger partial charge in [-0.1, -0.05) is 28.1 Å². The van der Waals surface area contributed by atoms with Gasteiger partial charge >= 0.3 is 0 Å². The highest BCUT2D eigenvalue weighted by Gasteiger charge is 2.15. The van der Waals surface area contributed by atoms with Gasteiger partial charge in [-0.3, -0.25) is 0 Å². The Morgan fingerprint density at radius 1 is 1.31 bits per heavy atom. The monoisotopic (exact) mass is 245 g/mol. The van der Waals surface area contributed by atoms with Crippen molar-refractivity contribution in [3.8, 4) is 0 Å². The zero-order chi connectivity index (χ0) is 9.84. The second-order valence-electron chi connectivity index (χ2n) is 2.84. The van der Waals surface area contributed by atoms with Crippen LogP contribution in [-0.2, 0) is 0 Å². The number of aliphatic hydroxyl groups excluding tert-OH is 2. The standard InChI is InChI=1S/C9H12BrNO2/c10-7-3-1-6(2-4-7)9(13)8(11)5-12/h1-4,8-9,12-13H,5,11H2/t8-,9-/m1/s1. The molecule has 0 aliphatic rings. The van der Waals surface area contributed by atoms with Crippen LogP contribution in [0, 0.1) is 0 Å². The SMILES string of the molecule is N[C@H](CO)[C@H](O)c1ccc(Br)cc1. The van der Waals surface area contributed by atoms with E-state index in [1.807, 2.05) is 12.1 Å². The Kier molecular flexibility index (Phi) is 3.87. The van der Waals surface area contributed by atoms with Crippen LogP contribution in [0.1, 0.15) is 11.7 Å². The second kappa shape index (κ2) is 4.72. The first-order valence-electron chi connectivity index (χ1n) is 3.95. The molecule has 2 atom stereocenters. The van der Waals surface area contributed by atoms with Gasteiger partial charge in [-0.2, -0.15) is 0 Å². The molecule has 1 aromatic rings. The van der Waals surface area contributed by atoms with E-state index in [9.17, 15) is 5.11 Å². The molecule has 0 bridgehead atoms. The van der Waals surface area contributed by atoms with Gasteiger partial charge in [0.25, 0.3) is 0 Å². The molecule has 0 fully saturated rings. The minimum Gasteiger partial charge on any atom is -0.395 e. The Morgan fingerprint density at radius 2 is 1.85 bits per heavy atom. The summed E-state index contributed by atoms with van der Waals surface area (Å²) in [6, 6.07) is 6.56. The number of halogens is 1. The highest BCUT2D eigenvalue weighted by atomic mass is 79.9. The molecule has 1 rings (SSSR count). The van der Waals surface area contributed by atoms with Gasteiger partial charge < -0.3 is 15.9 Å². The molecule has 0 spiro atoms. The Bertz CT molecular complexity index is 263. The van der Waals surface area contributed by atoms with Crippen LogP contribution in [0.3, 0.4) is 0 Å². The van der Waals surface area contributed by atoms with E-state index in [2.05, 4.69) is 15.9 Å². The molecule has 0 heterocycles. The summed E-state index contributed by atoms with van der Waals surface area (Å²) in [4.78, 5) is 0. The number of hydrogen-bond acceptors (Lipinski definition) is 3. The van der Waals surface area contributed by atoms with E-state index in [1.165, 1.54) is 0 Å². The average Bonchev–Trinajstić information content (AvgIpc) is 2.17. The fourth-order valence-corrected chi connectivity index (χ4v) is 1.27. The van der Waals surface area contributed by atoms with E-state index >= 15 is 0 Å². The fourth-order valence-electron chi connectivity index (χ4n) is 1.01. The van der Waals surface area contributed by atoms with Gasteiger partial charge in [-0.15, -0.1) is 0 Å².